The molecule has 94 valence electrons. The van der Waals surface area contributed by atoms with E-state index in [0.29, 0.717) is 6.10 Å². The molecule has 1 fully saturated rings. The smallest absolute Gasteiger partial charge is 0.0587 e. The number of hydrogen-bond donors (Lipinski definition) is 1. The van der Waals surface area contributed by atoms with Crippen LogP contribution >= 0.6 is 15.9 Å². The summed E-state index contributed by atoms with van der Waals surface area (Å²) in [5.74, 6) is 0. The van der Waals surface area contributed by atoms with Crippen LogP contribution in [0.2, 0.25) is 0 Å². The highest BCUT2D eigenvalue weighted by molar-refractivity contribution is 9.10. The van der Waals surface area contributed by atoms with Crippen molar-refractivity contribution in [2.75, 3.05) is 13.2 Å². The average Bonchev–Trinajstić information content (AvgIpc) is 2.38. The maximum absolute atomic E-state index is 5.70. The second kappa shape index (κ2) is 7.14. The van der Waals surface area contributed by atoms with Crippen LogP contribution in [0.4, 0.5) is 0 Å². The summed E-state index contributed by atoms with van der Waals surface area (Å²) in [7, 11) is 0. The molecule has 0 saturated carbocycles. The zero-order valence-electron chi connectivity index (χ0n) is 10.1. The Morgan fingerprint density at radius 1 is 1.24 bits per heavy atom. The van der Waals surface area contributed by atoms with Crippen LogP contribution < -0.4 is 5.32 Å². The van der Waals surface area contributed by atoms with Gasteiger partial charge in [0.2, 0.25) is 0 Å². The van der Waals surface area contributed by atoms with Crippen molar-refractivity contribution in [2.24, 2.45) is 0 Å². The molecular weight excluding hydrogens is 278 g/mol. The third-order valence-corrected chi connectivity index (χ3v) is 3.69. The van der Waals surface area contributed by atoms with Crippen LogP contribution in [-0.2, 0) is 11.3 Å². The summed E-state index contributed by atoms with van der Waals surface area (Å²) >= 11 is 3.44. The van der Waals surface area contributed by atoms with Crippen LogP contribution in [0.25, 0.3) is 0 Å². The minimum atomic E-state index is 0.487. The van der Waals surface area contributed by atoms with Gasteiger partial charge >= 0.3 is 0 Å². The number of halogens is 1. The Bertz CT molecular complexity index is 319. The van der Waals surface area contributed by atoms with E-state index in [0.717, 1.165) is 30.6 Å². The molecule has 17 heavy (non-hydrogen) atoms. The van der Waals surface area contributed by atoms with E-state index in [4.69, 9.17) is 4.74 Å². The van der Waals surface area contributed by atoms with Crippen molar-refractivity contribution in [1.82, 2.24) is 5.32 Å². The Kier molecular flexibility index (Phi) is 5.49. The number of rotatable bonds is 5. The Morgan fingerprint density at radius 2 is 2.06 bits per heavy atom. The molecule has 0 amide bonds. The molecule has 1 aliphatic heterocycles. The van der Waals surface area contributed by atoms with Gasteiger partial charge in [0.15, 0.2) is 0 Å². The van der Waals surface area contributed by atoms with Crippen molar-refractivity contribution < 1.29 is 4.74 Å². The van der Waals surface area contributed by atoms with Crippen molar-refractivity contribution in [3.05, 3.63) is 34.3 Å². The van der Waals surface area contributed by atoms with Crippen LogP contribution in [0.1, 0.15) is 31.2 Å². The summed E-state index contributed by atoms with van der Waals surface area (Å²) in [4.78, 5) is 0. The van der Waals surface area contributed by atoms with Crippen molar-refractivity contribution in [3.8, 4) is 0 Å². The minimum Gasteiger partial charge on any atom is -0.378 e. The summed E-state index contributed by atoms with van der Waals surface area (Å²) in [6.07, 6.45) is 5.43. The second-order valence-electron chi connectivity index (χ2n) is 4.58. The molecule has 1 heterocycles. The monoisotopic (exact) mass is 297 g/mol. The molecular formula is C14H20BrNO. The summed E-state index contributed by atoms with van der Waals surface area (Å²) in [5, 5.41) is 3.47. The van der Waals surface area contributed by atoms with Gasteiger partial charge in [-0.2, -0.15) is 0 Å². The fourth-order valence-corrected chi connectivity index (χ4v) is 2.40. The lowest BCUT2D eigenvalue weighted by Crippen LogP contribution is -2.25. The van der Waals surface area contributed by atoms with E-state index in [2.05, 4.69) is 45.5 Å². The van der Waals surface area contributed by atoms with Gasteiger partial charge < -0.3 is 10.1 Å². The van der Waals surface area contributed by atoms with E-state index >= 15 is 0 Å². The third kappa shape index (κ3) is 4.78. The first kappa shape index (κ1) is 13.1. The fourth-order valence-electron chi connectivity index (χ4n) is 2.13. The molecule has 0 aliphatic carbocycles. The first-order chi connectivity index (χ1) is 8.34. The van der Waals surface area contributed by atoms with Gasteiger partial charge in [-0.15, -0.1) is 0 Å². The highest BCUT2D eigenvalue weighted by Crippen LogP contribution is 2.15. The van der Waals surface area contributed by atoms with Gasteiger partial charge in [0.25, 0.3) is 0 Å². The van der Waals surface area contributed by atoms with E-state index in [-0.39, 0.29) is 0 Å². The molecule has 1 saturated heterocycles. The van der Waals surface area contributed by atoms with Gasteiger partial charge in [-0.1, -0.05) is 28.1 Å². The quantitative estimate of drug-likeness (QED) is 0.840. The number of benzene rings is 1. The molecule has 0 aromatic heterocycles. The van der Waals surface area contributed by atoms with Gasteiger partial charge in [0.1, 0.15) is 0 Å². The van der Waals surface area contributed by atoms with E-state index in [1.807, 2.05) is 0 Å². The Hall–Kier alpha value is -0.380. The van der Waals surface area contributed by atoms with Gasteiger partial charge in [-0.05, 0) is 49.9 Å². The maximum atomic E-state index is 5.70. The van der Waals surface area contributed by atoms with Gasteiger partial charge in [-0.25, -0.2) is 0 Å². The largest absolute Gasteiger partial charge is 0.378 e. The normalized spacial score (nSPS) is 20.4. The zero-order valence-corrected chi connectivity index (χ0v) is 11.7. The number of ether oxygens (including phenoxy) is 1. The third-order valence-electron chi connectivity index (χ3n) is 3.16. The van der Waals surface area contributed by atoms with E-state index in [1.165, 1.54) is 24.8 Å². The first-order valence-electron chi connectivity index (χ1n) is 6.41. The van der Waals surface area contributed by atoms with Crippen LogP contribution in [0.15, 0.2) is 28.7 Å². The van der Waals surface area contributed by atoms with Gasteiger partial charge in [0, 0.05) is 17.6 Å². The zero-order chi connectivity index (χ0) is 11.9. The van der Waals surface area contributed by atoms with E-state index < -0.39 is 0 Å². The molecule has 2 rings (SSSR count). The molecule has 1 aromatic rings. The molecule has 1 aliphatic rings. The Labute approximate surface area is 112 Å². The van der Waals surface area contributed by atoms with Crippen molar-refractivity contribution in [1.29, 1.82) is 0 Å². The van der Waals surface area contributed by atoms with Crippen molar-refractivity contribution >= 4 is 15.9 Å². The predicted molar refractivity (Wildman–Crippen MR) is 74.1 cm³/mol. The highest BCUT2D eigenvalue weighted by Gasteiger charge is 2.12. The lowest BCUT2D eigenvalue weighted by atomic mass is 10.1. The van der Waals surface area contributed by atoms with Crippen LogP contribution in [0, 0.1) is 0 Å². The van der Waals surface area contributed by atoms with Gasteiger partial charge in [-0.3, -0.25) is 0 Å². The van der Waals surface area contributed by atoms with Crippen molar-refractivity contribution in [3.63, 3.8) is 0 Å². The lowest BCUT2D eigenvalue weighted by Gasteiger charge is -2.22. The topological polar surface area (TPSA) is 21.3 Å². The molecule has 1 atom stereocenters. The van der Waals surface area contributed by atoms with Crippen molar-refractivity contribution in [2.45, 2.75) is 38.3 Å². The van der Waals surface area contributed by atoms with Crippen LogP contribution in [0.5, 0.6) is 0 Å². The van der Waals surface area contributed by atoms with E-state index in [1.54, 1.807) is 0 Å². The van der Waals surface area contributed by atoms with Crippen LogP contribution in [0.3, 0.4) is 0 Å². The maximum Gasteiger partial charge on any atom is 0.0587 e. The molecule has 3 heteroatoms. The summed E-state index contributed by atoms with van der Waals surface area (Å²) in [6.45, 7) is 2.94. The molecule has 1 N–H and O–H groups in total. The number of nitrogens with one attached hydrogen (secondary N) is 1. The summed E-state index contributed by atoms with van der Waals surface area (Å²) in [5.41, 5.74) is 1.33. The molecule has 1 aromatic carbocycles. The second-order valence-corrected chi connectivity index (χ2v) is 5.50. The molecule has 0 bridgehead atoms. The predicted octanol–water partition coefficient (Wildman–Crippen LogP) is 3.50. The minimum absolute atomic E-state index is 0.487. The molecule has 0 radical (unpaired) electrons. The summed E-state index contributed by atoms with van der Waals surface area (Å²) in [6, 6.07) is 8.46. The van der Waals surface area contributed by atoms with E-state index in [9.17, 15) is 0 Å². The molecule has 1 unspecified atom stereocenters. The lowest BCUT2D eigenvalue weighted by molar-refractivity contribution is 0.0115. The Morgan fingerprint density at radius 3 is 2.76 bits per heavy atom. The average molecular weight is 298 g/mol. The SMILES string of the molecule is Brc1ccc(CNCCC2CCCCO2)cc1. The standard InChI is InChI=1S/C14H20BrNO/c15-13-6-4-12(5-7-13)11-16-9-8-14-3-1-2-10-17-14/h4-7,14,16H,1-3,8-11H2. The molecule has 0 spiro atoms. The highest BCUT2D eigenvalue weighted by atomic mass is 79.9. The Balaban J connectivity index is 1.60. The first-order valence-corrected chi connectivity index (χ1v) is 7.20. The van der Waals surface area contributed by atoms with Crippen LogP contribution in [-0.4, -0.2) is 19.3 Å². The summed E-state index contributed by atoms with van der Waals surface area (Å²) < 4.78 is 6.84. The number of hydrogen-bond acceptors (Lipinski definition) is 2. The van der Waals surface area contributed by atoms with Gasteiger partial charge in [0.05, 0.1) is 6.10 Å². The molecule has 2 nitrogen and oxygen atoms in total. The fraction of sp³-hybridized carbons (Fsp3) is 0.571.